The molecule has 0 aromatic heterocycles. The van der Waals surface area contributed by atoms with Crippen molar-refractivity contribution >= 4 is 17.4 Å². The molecule has 36 heavy (non-hydrogen) atoms. The number of aryl methyl sites for hydroxylation is 1. The van der Waals surface area contributed by atoms with Crippen LogP contribution in [0.3, 0.4) is 0 Å². The zero-order valence-electron chi connectivity index (χ0n) is 20.1. The van der Waals surface area contributed by atoms with Crippen molar-refractivity contribution in [3.8, 4) is 17.2 Å². The Balaban J connectivity index is 1.56. The number of ketones is 1. The Bertz CT molecular complexity index is 1330. The molecule has 6 nitrogen and oxygen atoms in total. The predicted molar refractivity (Wildman–Crippen MR) is 139 cm³/mol. The number of hydrogen-bond acceptors (Lipinski definition) is 5. The van der Waals surface area contributed by atoms with E-state index in [9.17, 15) is 14.7 Å². The molecule has 1 unspecified atom stereocenters. The highest BCUT2D eigenvalue weighted by molar-refractivity contribution is 6.16. The molecule has 0 heterocycles. The molecule has 0 aliphatic rings. The van der Waals surface area contributed by atoms with Gasteiger partial charge in [-0.3, -0.25) is 9.59 Å². The second-order valence-corrected chi connectivity index (χ2v) is 8.41. The minimum atomic E-state index is -1.40. The van der Waals surface area contributed by atoms with E-state index in [1.54, 1.807) is 66.7 Å². The van der Waals surface area contributed by atoms with E-state index in [1.807, 2.05) is 37.3 Å². The minimum Gasteiger partial charge on any atom is -0.508 e. The molecular formula is C30H27NO5. The Morgan fingerprint density at radius 2 is 1.50 bits per heavy atom. The topological polar surface area (TPSA) is 84.9 Å². The maximum atomic E-state index is 13.3. The van der Waals surface area contributed by atoms with Gasteiger partial charge in [-0.1, -0.05) is 60.7 Å². The largest absolute Gasteiger partial charge is 0.508 e. The third kappa shape index (κ3) is 6.10. The SMILES string of the molecule is COc1ccc(C)cc1NC(=O)C(Oc1ccc(Cc2ccc(O)cc2)cc1)C(=O)c1ccccc1. The van der Waals surface area contributed by atoms with Gasteiger partial charge in [-0.2, -0.15) is 0 Å². The van der Waals surface area contributed by atoms with Crippen LogP contribution in [-0.2, 0) is 11.2 Å². The number of benzene rings is 4. The van der Waals surface area contributed by atoms with E-state index in [0.29, 0.717) is 29.2 Å². The van der Waals surface area contributed by atoms with Gasteiger partial charge in [-0.05, 0) is 66.4 Å². The van der Waals surface area contributed by atoms with Gasteiger partial charge in [0, 0.05) is 5.56 Å². The van der Waals surface area contributed by atoms with Gasteiger partial charge >= 0.3 is 0 Å². The number of carbonyl (C=O) groups excluding carboxylic acids is 2. The summed E-state index contributed by atoms with van der Waals surface area (Å²) in [6.07, 6.45) is -0.735. The molecule has 2 N–H and O–H groups in total. The molecule has 0 saturated heterocycles. The van der Waals surface area contributed by atoms with Gasteiger partial charge in [-0.15, -0.1) is 0 Å². The van der Waals surface area contributed by atoms with Gasteiger partial charge < -0.3 is 19.9 Å². The molecule has 6 heteroatoms. The number of ether oxygens (including phenoxy) is 2. The summed E-state index contributed by atoms with van der Waals surface area (Å²) in [5.41, 5.74) is 3.83. The zero-order valence-corrected chi connectivity index (χ0v) is 20.1. The fraction of sp³-hybridized carbons (Fsp3) is 0.133. The molecule has 1 atom stereocenters. The molecule has 1 amide bonds. The van der Waals surface area contributed by atoms with Crippen LogP contribution in [-0.4, -0.2) is 30.0 Å². The molecule has 0 aliphatic heterocycles. The first kappa shape index (κ1) is 24.5. The van der Waals surface area contributed by atoms with E-state index in [-0.39, 0.29) is 5.75 Å². The van der Waals surface area contributed by atoms with Crippen LogP contribution in [0.25, 0.3) is 0 Å². The van der Waals surface area contributed by atoms with Crippen molar-refractivity contribution in [1.29, 1.82) is 0 Å². The number of phenols is 1. The van der Waals surface area contributed by atoms with Crippen LogP contribution >= 0.6 is 0 Å². The summed E-state index contributed by atoms with van der Waals surface area (Å²) in [6, 6.07) is 28.2. The number of carbonyl (C=O) groups is 2. The van der Waals surface area contributed by atoms with Gasteiger partial charge in [0.2, 0.25) is 11.9 Å². The number of rotatable bonds is 9. The normalized spacial score (nSPS) is 11.4. The second-order valence-electron chi connectivity index (χ2n) is 8.41. The zero-order chi connectivity index (χ0) is 25.5. The van der Waals surface area contributed by atoms with E-state index >= 15 is 0 Å². The number of Topliss-reactive ketones (excluding diaryl/α,β-unsaturated/α-hetero) is 1. The first-order chi connectivity index (χ1) is 17.4. The molecule has 4 aromatic carbocycles. The fourth-order valence-electron chi connectivity index (χ4n) is 3.77. The van der Waals surface area contributed by atoms with E-state index in [1.165, 1.54) is 7.11 Å². The van der Waals surface area contributed by atoms with Crippen LogP contribution in [0.2, 0.25) is 0 Å². The van der Waals surface area contributed by atoms with Crippen LogP contribution in [0, 0.1) is 6.92 Å². The first-order valence-corrected chi connectivity index (χ1v) is 11.5. The molecule has 4 rings (SSSR count). The van der Waals surface area contributed by atoms with Crippen LogP contribution in [0.1, 0.15) is 27.0 Å². The Morgan fingerprint density at radius 1 is 0.861 bits per heavy atom. The quantitative estimate of drug-likeness (QED) is 0.241. The van der Waals surface area contributed by atoms with Gasteiger partial charge in [0.05, 0.1) is 12.8 Å². The van der Waals surface area contributed by atoms with Crippen molar-refractivity contribution in [1.82, 2.24) is 0 Å². The number of nitrogens with one attached hydrogen (secondary N) is 1. The number of aromatic hydroxyl groups is 1. The summed E-state index contributed by atoms with van der Waals surface area (Å²) in [5, 5.41) is 12.3. The second kappa shape index (κ2) is 11.2. The van der Waals surface area contributed by atoms with Crippen molar-refractivity contribution in [3.05, 3.63) is 119 Å². The monoisotopic (exact) mass is 481 g/mol. The standard InChI is InChI=1S/C30H27NO5/c1-20-8-17-27(35-2)26(18-20)31-30(34)29(28(33)23-6-4-3-5-7-23)36-25-15-11-22(12-16-25)19-21-9-13-24(32)14-10-21/h3-18,29,32H,19H2,1-2H3,(H,31,34). The lowest BCUT2D eigenvalue weighted by Crippen LogP contribution is -2.40. The number of phenolic OH excluding ortho intramolecular Hbond substituents is 1. The van der Waals surface area contributed by atoms with Gasteiger partial charge in [0.15, 0.2) is 0 Å². The van der Waals surface area contributed by atoms with E-state index in [4.69, 9.17) is 9.47 Å². The minimum absolute atomic E-state index is 0.221. The smallest absolute Gasteiger partial charge is 0.273 e. The number of amides is 1. The average molecular weight is 482 g/mol. The fourth-order valence-corrected chi connectivity index (χ4v) is 3.77. The molecule has 0 saturated carbocycles. The summed E-state index contributed by atoms with van der Waals surface area (Å²) in [7, 11) is 1.52. The maximum Gasteiger partial charge on any atom is 0.273 e. The van der Waals surface area contributed by atoms with Crippen molar-refractivity contribution in [2.45, 2.75) is 19.4 Å². The summed E-state index contributed by atoms with van der Waals surface area (Å²) in [4.78, 5) is 26.6. The van der Waals surface area contributed by atoms with Crippen LogP contribution < -0.4 is 14.8 Å². The first-order valence-electron chi connectivity index (χ1n) is 11.5. The van der Waals surface area contributed by atoms with Crippen LogP contribution in [0.5, 0.6) is 17.2 Å². The molecule has 0 fully saturated rings. The summed E-state index contributed by atoms with van der Waals surface area (Å²) >= 11 is 0. The summed E-state index contributed by atoms with van der Waals surface area (Å²) < 4.78 is 11.3. The molecule has 182 valence electrons. The van der Waals surface area contributed by atoms with Crippen molar-refractivity contribution in [2.24, 2.45) is 0 Å². The van der Waals surface area contributed by atoms with E-state index in [0.717, 1.165) is 16.7 Å². The molecule has 4 aromatic rings. The molecule has 0 spiro atoms. The lowest BCUT2D eigenvalue weighted by atomic mass is 10.0. The van der Waals surface area contributed by atoms with Gasteiger partial charge in [0.1, 0.15) is 17.2 Å². The highest BCUT2D eigenvalue weighted by Gasteiger charge is 2.30. The molecule has 0 radical (unpaired) electrons. The van der Waals surface area contributed by atoms with Crippen LogP contribution in [0.4, 0.5) is 5.69 Å². The van der Waals surface area contributed by atoms with Gasteiger partial charge in [-0.25, -0.2) is 0 Å². The lowest BCUT2D eigenvalue weighted by molar-refractivity contribution is -0.120. The van der Waals surface area contributed by atoms with Crippen LogP contribution in [0.15, 0.2) is 97.1 Å². The average Bonchev–Trinajstić information content (AvgIpc) is 2.90. The van der Waals surface area contributed by atoms with E-state index < -0.39 is 17.8 Å². The lowest BCUT2D eigenvalue weighted by Gasteiger charge is -2.19. The Hall–Kier alpha value is -4.58. The van der Waals surface area contributed by atoms with Crippen molar-refractivity contribution < 1.29 is 24.2 Å². The number of hydrogen-bond donors (Lipinski definition) is 2. The Kier molecular flexibility index (Phi) is 7.66. The number of anilines is 1. The van der Waals surface area contributed by atoms with Gasteiger partial charge in [0.25, 0.3) is 5.91 Å². The maximum absolute atomic E-state index is 13.3. The van der Waals surface area contributed by atoms with Crippen molar-refractivity contribution in [2.75, 3.05) is 12.4 Å². The third-order valence-corrected chi connectivity index (χ3v) is 5.67. The third-order valence-electron chi connectivity index (χ3n) is 5.67. The van der Waals surface area contributed by atoms with Crippen molar-refractivity contribution in [3.63, 3.8) is 0 Å². The predicted octanol–water partition coefficient (Wildman–Crippen LogP) is 5.57. The Labute approximate surface area is 210 Å². The Morgan fingerprint density at radius 3 is 2.14 bits per heavy atom. The number of methoxy groups -OCH3 is 1. The van der Waals surface area contributed by atoms with E-state index in [2.05, 4.69) is 5.32 Å². The molecule has 0 aliphatic carbocycles. The highest BCUT2D eigenvalue weighted by Crippen LogP contribution is 2.26. The highest BCUT2D eigenvalue weighted by atomic mass is 16.5. The summed E-state index contributed by atoms with van der Waals surface area (Å²) in [5.74, 6) is 0.0514. The molecule has 0 bridgehead atoms. The molecular weight excluding hydrogens is 454 g/mol. The summed E-state index contributed by atoms with van der Waals surface area (Å²) in [6.45, 7) is 1.90.